The summed E-state index contributed by atoms with van der Waals surface area (Å²) in [6.45, 7) is 0.839. The number of rotatable bonds is 11. The smallest absolute Gasteiger partial charge is 0.119 e. The minimum absolute atomic E-state index is 0.747. The normalized spacial score (nSPS) is 10.4. The van der Waals surface area contributed by atoms with E-state index in [1.165, 1.54) is 51.4 Å². The molecule has 0 aliphatic carbocycles. The number of carbonyl (C=O) groups excluding carboxylic acids is 1. The number of carbonyl (C=O) groups is 1. The lowest BCUT2D eigenvalue weighted by Crippen LogP contribution is -1.97. The van der Waals surface area contributed by atoms with Gasteiger partial charge in [-0.05, 0) is 19.4 Å². The second-order valence-electron chi connectivity index (χ2n) is 3.93. The highest BCUT2D eigenvalue weighted by molar-refractivity contribution is 5.48. The molecule has 0 aromatic heterocycles. The van der Waals surface area contributed by atoms with Crippen molar-refractivity contribution in [2.45, 2.75) is 64.2 Å². The van der Waals surface area contributed by atoms with E-state index in [-0.39, 0.29) is 0 Å². The molecule has 0 aromatic carbocycles. The van der Waals surface area contributed by atoms with E-state index in [9.17, 15) is 4.79 Å². The number of hydrogen-bond acceptors (Lipinski definition) is 2. The van der Waals surface area contributed by atoms with Crippen molar-refractivity contribution >= 4 is 6.29 Å². The van der Waals surface area contributed by atoms with Gasteiger partial charge in [0, 0.05) is 6.42 Å². The lowest BCUT2D eigenvalue weighted by Gasteiger charge is -2.00. The summed E-state index contributed by atoms with van der Waals surface area (Å²) in [6, 6.07) is 0. The highest BCUT2D eigenvalue weighted by atomic mass is 16.1. The maximum atomic E-state index is 10.0. The van der Waals surface area contributed by atoms with Crippen molar-refractivity contribution in [3.05, 3.63) is 0 Å². The molecule has 2 N–H and O–H groups in total. The van der Waals surface area contributed by atoms with E-state index in [2.05, 4.69) is 0 Å². The zero-order valence-electron chi connectivity index (χ0n) is 9.34. The Hall–Kier alpha value is -0.370. The van der Waals surface area contributed by atoms with Crippen LogP contribution in [0.25, 0.3) is 0 Å². The van der Waals surface area contributed by atoms with Crippen molar-refractivity contribution in [1.82, 2.24) is 0 Å². The van der Waals surface area contributed by atoms with Crippen molar-refractivity contribution in [3.63, 3.8) is 0 Å². The van der Waals surface area contributed by atoms with Crippen LogP contribution >= 0.6 is 0 Å². The first-order chi connectivity index (χ1) is 6.91. The fourth-order valence-corrected chi connectivity index (χ4v) is 1.61. The van der Waals surface area contributed by atoms with E-state index in [0.717, 1.165) is 25.7 Å². The summed E-state index contributed by atoms with van der Waals surface area (Å²) in [5.41, 5.74) is 5.41. The van der Waals surface area contributed by atoms with Gasteiger partial charge in [0.25, 0.3) is 0 Å². The minimum Gasteiger partial charge on any atom is -0.330 e. The zero-order valence-corrected chi connectivity index (χ0v) is 9.34. The topological polar surface area (TPSA) is 43.1 Å². The van der Waals surface area contributed by atoms with Crippen LogP contribution < -0.4 is 5.73 Å². The molecule has 84 valence electrons. The molecule has 2 heteroatoms. The van der Waals surface area contributed by atoms with Gasteiger partial charge in [0.15, 0.2) is 0 Å². The third-order valence-corrected chi connectivity index (χ3v) is 2.53. The molecule has 0 fully saturated rings. The third kappa shape index (κ3) is 11.6. The van der Waals surface area contributed by atoms with E-state index in [1.807, 2.05) is 0 Å². The standard InChI is InChI=1S/C12H25NO/c13-11-9-7-5-3-1-2-4-6-8-10-12-14/h12H,1-11,13H2. The van der Waals surface area contributed by atoms with Crippen molar-refractivity contribution in [1.29, 1.82) is 0 Å². The van der Waals surface area contributed by atoms with Gasteiger partial charge in [0.2, 0.25) is 0 Å². The fraction of sp³-hybridized carbons (Fsp3) is 0.917. The van der Waals surface area contributed by atoms with E-state index in [4.69, 9.17) is 5.73 Å². The fourth-order valence-electron chi connectivity index (χ4n) is 1.61. The SMILES string of the molecule is NCCCCCCCCCCCC=O. The quantitative estimate of drug-likeness (QED) is 0.410. The largest absolute Gasteiger partial charge is 0.330 e. The molecule has 0 heterocycles. The Bertz CT molecular complexity index is 115. The Morgan fingerprint density at radius 1 is 0.714 bits per heavy atom. The number of aldehydes is 1. The molecule has 14 heavy (non-hydrogen) atoms. The molecule has 0 rings (SSSR count). The van der Waals surface area contributed by atoms with E-state index >= 15 is 0 Å². The lowest BCUT2D eigenvalue weighted by molar-refractivity contribution is -0.107. The van der Waals surface area contributed by atoms with Gasteiger partial charge in [-0.3, -0.25) is 0 Å². The number of hydrogen-bond donors (Lipinski definition) is 1. The third-order valence-electron chi connectivity index (χ3n) is 2.53. The van der Waals surface area contributed by atoms with Gasteiger partial charge >= 0.3 is 0 Å². The summed E-state index contributed by atoms with van der Waals surface area (Å²) in [4.78, 5) is 10.0. The van der Waals surface area contributed by atoms with Gasteiger partial charge in [0.1, 0.15) is 6.29 Å². The molecule has 0 radical (unpaired) electrons. The summed E-state index contributed by atoms with van der Waals surface area (Å²) in [7, 11) is 0. The average molecular weight is 199 g/mol. The van der Waals surface area contributed by atoms with Crippen LogP contribution in [-0.4, -0.2) is 12.8 Å². The van der Waals surface area contributed by atoms with Crippen LogP contribution in [0.15, 0.2) is 0 Å². The van der Waals surface area contributed by atoms with Gasteiger partial charge in [-0.2, -0.15) is 0 Å². The predicted octanol–water partition coefficient (Wildman–Crippen LogP) is 3.05. The molecule has 0 spiro atoms. The Kier molecular flexibility index (Phi) is 12.3. The second kappa shape index (κ2) is 12.6. The van der Waals surface area contributed by atoms with E-state index < -0.39 is 0 Å². The van der Waals surface area contributed by atoms with Gasteiger partial charge in [-0.15, -0.1) is 0 Å². The van der Waals surface area contributed by atoms with Crippen molar-refractivity contribution in [2.75, 3.05) is 6.54 Å². The van der Waals surface area contributed by atoms with E-state index in [1.54, 1.807) is 0 Å². The summed E-state index contributed by atoms with van der Waals surface area (Å²) >= 11 is 0. The van der Waals surface area contributed by atoms with Crippen LogP contribution in [0.4, 0.5) is 0 Å². The van der Waals surface area contributed by atoms with Gasteiger partial charge < -0.3 is 10.5 Å². The Morgan fingerprint density at radius 3 is 1.57 bits per heavy atom. The van der Waals surface area contributed by atoms with Crippen LogP contribution in [0, 0.1) is 0 Å². The van der Waals surface area contributed by atoms with Crippen LogP contribution in [-0.2, 0) is 4.79 Å². The maximum Gasteiger partial charge on any atom is 0.119 e. The molecule has 0 aliphatic rings. The molecule has 0 saturated carbocycles. The summed E-state index contributed by atoms with van der Waals surface area (Å²) < 4.78 is 0. The predicted molar refractivity (Wildman–Crippen MR) is 61.3 cm³/mol. The molecule has 0 unspecified atom stereocenters. The lowest BCUT2D eigenvalue weighted by atomic mass is 10.1. The summed E-state index contributed by atoms with van der Waals surface area (Å²) in [6.07, 6.45) is 13.2. The summed E-state index contributed by atoms with van der Waals surface area (Å²) in [5, 5.41) is 0. The Balaban J connectivity index is 2.81. The molecule has 0 aromatic rings. The molecule has 0 saturated heterocycles. The van der Waals surface area contributed by atoms with Crippen molar-refractivity contribution < 1.29 is 4.79 Å². The average Bonchev–Trinajstić information content (AvgIpc) is 2.21. The number of nitrogens with two attached hydrogens (primary N) is 1. The van der Waals surface area contributed by atoms with Crippen LogP contribution in [0.2, 0.25) is 0 Å². The number of unbranched alkanes of at least 4 members (excludes halogenated alkanes) is 9. The van der Waals surface area contributed by atoms with Gasteiger partial charge in [-0.1, -0.05) is 44.9 Å². The molecule has 2 nitrogen and oxygen atoms in total. The maximum absolute atomic E-state index is 10.0. The molecule has 0 aliphatic heterocycles. The Labute approximate surface area is 88.3 Å². The first kappa shape index (κ1) is 13.6. The van der Waals surface area contributed by atoms with E-state index in [0.29, 0.717) is 0 Å². The molecule has 0 amide bonds. The van der Waals surface area contributed by atoms with Gasteiger partial charge in [-0.25, -0.2) is 0 Å². The minimum atomic E-state index is 0.747. The molecule has 0 bridgehead atoms. The van der Waals surface area contributed by atoms with Crippen LogP contribution in [0.1, 0.15) is 64.2 Å². The monoisotopic (exact) mass is 199 g/mol. The second-order valence-corrected chi connectivity index (χ2v) is 3.93. The van der Waals surface area contributed by atoms with Crippen molar-refractivity contribution in [3.8, 4) is 0 Å². The molecular weight excluding hydrogens is 174 g/mol. The first-order valence-electron chi connectivity index (χ1n) is 6.05. The highest BCUT2D eigenvalue weighted by Crippen LogP contribution is 2.09. The van der Waals surface area contributed by atoms with Crippen LogP contribution in [0.3, 0.4) is 0 Å². The van der Waals surface area contributed by atoms with Gasteiger partial charge in [0.05, 0.1) is 0 Å². The first-order valence-corrected chi connectivity index (χ1v) is 6.05. The van der Waals surface area contributed by atoms with Crippen LogP contribution in [0.5, 0.6) is 0 Å². The zero-order chi connectivity index (χ0) is 10.5. The molecular formula is C12H25NO. The summed E-state index contributed by atoms with van der Waals surface area (Å²) in [5.74, 6) is 0. The highest BCUT2D eigenvalue weighted by Gasteiger charge is 1.91. The van der Waals surface area contributed by atoms with Crippen molar-refractivity contribution in [2.24, 2.45) is 5.73 Å². The molecule has 0 atom stereocenters. The Morgan fingerprint density at radius 2 is 1.14 bits per heavy atom.